The maximum atomic E-state index is 3.58. The summed E-state index contributed by atoms with van der Waals surface area (Å²) in [4.78, 5) is 0. The maximum Gasteiger partial charge on any atom is 0.0233 e. The summed E-state index contributed by atoms with van der Waals surface area (Å²) < 4.78 is 0. The summed E-state index contributed by atoms with van der Waals surface area (Å²) in [6, 6.07) is 9.65. The zero-order valence-electron chi connectivity index (χ0n) is 7.17. The van der Waals surface area contributed by atoms with Crippen molar-refractivity contribution in [2.75, 3.05) is 0 Å². The van der Waals surface area contributed by atoms with E-state index in [2.05, 4.69) is 47.5 Å². The lowest BCUT2D eigenvalue weighted by atomic mass is 10.0. The molecule has 1 aliphatic carbocycles. The van der Waals surface area contributed by atoms with E-state index in [0.29, 0.717) is 5.92 Å². The second-order valence-corrected chi connectivity index (χ2v) is 3.66. The minimum Gasteiger partial charge on any atom is -0.0738 e. The van der Waals surface area contributed by atoms with Gasteiger partial charge in [-0.05, 0) is 23.6 Å². The van der Waals surface area contributed by atoms with Crippen LogP contribution in [0.1, 0.15) is 24.0 Å². The average molecular weight is 171 g/mol. The van der Waals surface area contributed by atoms with Gasteiger partial charge in [0.15, 0.2) is 0 Å². The van der Waals surface area contributed by atoms with Crippen LogP contribution in [0, 0.1) is 0 Å². The molecule has 12 heavy (non-hydrogen) atoms. The number of hydrogen-bond acceptors (Lipinski definition) is 0. The normalized spacial score (nSPS) is 20.5. The van der Waals surface area contributed by atoms with Gasteiger partial charge in [0.1, 0.15) is 0 Å². The van der Waals surface area contributed by atoms with E-state index in [4.69, 9.17) is 0 Å². The van der Waals surface area contributed by atoms with E-state index in [0.717, 1.165) is 6.04 Å². The number of benzene rings is 1. The third-order valence-corrected chi connectivity index (χ3v) is 2.90. The van der Waals surface area contributed by atoms with Crippen LogP contribution < -0.4 is 0 Å². The molecule has 59 valence electrons. The lowest BCUT2D eigenvalue weighted by molar-refractivity contribution is 0.985. The van der Waals surface area contributed by atoms with Crippen molar-refractivity contribution >= 4 is 15.8 Å². The summed E-state index contributed by atoms with van der Waals surface area (Å²) in [6.07, 6.45) is 2.33. The van der Waals surface area contributed by atoms with Crippen LogP contribution in [0.5, 0.6) is 0 Å². The number of hydrogen-bond donors (Lipinski definition) is 0. The highest BCUT2D eigenvalue weighted by molar-refractivity contribution is 6.09. The van der Waals surface area contributed by atoms with E-state index in [1.54, 1.807) is 0 Å². The summed E-state index contributed by atoms with van der Waals surface area (Å²) in [5.74, 6) is 0.581. The van der Waals surface area contributed by atoms with Crippen molar-refractivity contribution in [2.45, 2.75) is 18.9 Å². The Morgan fingerprint density at radius 1 is 1.33 bits per heavy atom. The van der Waals surface area contributed by atoms with E-state index < -0.39 is 0 Å². The minimum absolute atomic E-state index is 0.581. The van der Waals surface area contributed by atoms with E-state index in [1.807, 2.05) is 0 Å². The Morgan fingerprint density at radius 3 is 2.83 bits per heavy atom. The third kappa shape index (κ3) is 1.05. The summed E-state index contributed by atoms with van der Waals surface area (Å²) in [5.41, 5.74) is 4.29. The van der Waals surface area contributed by atoms with Crippen molar-refractivity contribution in [3.05, 3.63) is 41.5 Å². The lowest BCUT2D eigenvalue weighted by Crippen LogP contribution is -1.90. The Bertz CT molecular complexity index is 326. The monoisotopic (exact) mass is 171 g/mol. The summed E-state index contributed by atoms with van der Waals surface area (Å²) in [5, 5.41) is 0. The molecule has 0 saturated heterocycles. The highest BCUT2D eigenvalue weighted by Gasteiger charge is 2.17. The fourth-order valence-electron chi connectivity index (χ4n) is 1.83. The largest absolute Gasteiger partial charge is 0.0738 e. The predicted octanol–water partition coefficient (Wildman–Crippen LogP) is 2.77. The van der Waals surface area contributed by atoms with Gasteiger partial charge in [0.25, 0.3) is 0 Å². The SMILES string of the molecule is CC1=CC(C[Si])c2ccccc21. The minimum atomic E-state index is 0.581. The molecule has 0 spiro atoms. The van der Waals surface area contributed by atoms with Crippen LogP contribution in [-0.2, 0) is 0 Å². The molecule has 1 aromatic rings. The van der Waals surface area contributed by atoms with Crippen molar-refractivity contribution in [1.82, 2.24) is 0 Å². The zero-order chi connectivity index (χ0) is 8.55. The maximum absolute atomic E-state index is 3.58. The first-order chi connectivity index (χ1) is 5.83. The van der Waals surface area contributed by atoms with Crippen LogP contribution in [0.15, 0.2) is 30.3 Å². The molecule has 0 bridgehead atoms. The van der Waals surface area contributed by atoms with Gasteiger partial charge < -0.3 is 0 Å². The molecule has 0 nitrogen and oxygen atoms in total. The van der Waals surface area contributed by atoms with Crippen molar-refractivity contribution in [1.29, 1.82) is 0 Å². The topological polar surface area (TPSA) is 0 Å². The number of rotatable bonds is 1. The zero-order valence-corrected chi connectivity index (χ0v) is 8.17. The standard InChI is InChI=1S/C11H11Si/c1-8-6-9(7-12)11-5-3-2-4-10(8)11/h2-6,9H,7H2,1H3. The molecule has 0 heterocycles. The van der Waals surface area contributed by atoms with Gasteiger partial charge in [-0.1, -0.05) is 36.4 Å². The van der Waals surface area contributed by atoms with Crippen LogP contribution in [0.25, 0.3) is 5.57 Å². The van der Waals surface area contributed by atoms with Crippen LogP contribution >= 0.6 is 0 Å². The van der Waals surface area contributed by atoms with E-state index in [9.17, 15) is 0 Å². The molecule has 1 atom stereocenters. The summed E-state index contributed by atoms with van der Waals surface area (Å²) in [7, 11) is 3.58. The van der Waals surface area contributed by atoms with Gasteiger partial charge in [0.2, 0.25) is 0 Å². The Balaban J connectivity index is 2.52. The Kier molecular flexibility index (Phi) is 1.89. The van der Waals surface area contributed by atoms with Crippen molar-refractivity contribution in [3.63, 3.8) is 0 Å². The number of allylic oxidation sites excluding steroid dienone is 2. The first kappa shape index (κ1) is 7.81. The Morgan fingerprint density at radius 2 is 2.08 bits per heavy atom. The molecule has 0 aromatic heterocycles. The first-order valence-electron chi connectivity index (χ1n) is 4.25. The van der Waals surface area contributed by atoms with Crippen molar-refractivity contribution in [3.8, 4) is 0 Å². The smallest absolute Gasteiger partial charge is 0.0233 e. The molecule has 1 heteroatoms. The highest BCUT2D eigenvalue weighted by Crippen LogP contribution is 2.36. The predicted molar refractivity (Wildman–Crippen MR) is 53.4 cm³/mol. The third-order valence-electron chi connectivity index (χ3n) is 2.46. The molecule has 3 radical (unpaired) electrons. The molecule has 0 fully saturated rings. The van der Waals surface area contributed by atoms with Gasteiger partial charge in [0, 0.05) is 16.2 Å². The molecular formula is C11H11Si. The van der Waals surface area contributed by atoms with Gasteiger partial charge >= 0.3 is 0 Å². The van der Waals surface area contributed by atoms with Crippen LogP contribution in [0.3, 0.4) is 0 Å². The molecular weight excluding hydrogens is 160 g/mol. The van der Waals surface area contributed by atoms with Gasteiger partial charge in [-0.15, -0.1) is 0 Å². The average Bonchev–Trinajstić information content (AvgIpc) is 2.44. The van der Waals surface area contributed by atoms with Crippen LogP contribution in [0.4, 0.5) is 0 Å². The summed E-state index contributed by atoms with van der Waals surface area (Å²) >= 11 is 0. The van der Waals surface area contributed by atoms with E-state index in [1.165, 1.54) is 16.7 Å². The second kappa shape index (κ2) is 2.90. The molecule has 1 aromatic carbocycles. The van der Waals surface area contributed by atoms with E-state index in [-0.39, 0.29) is 0 Å². The molecule has 1 aliphatic rings. The Labute approximate surface area is 76.7 Å². The lowest BCUT2D eigenvalue weighted by Gasteiger charge is -2.06. The molecule has 0 aliphatic heterocycles. The molecule has 2 rings (SSSR count). The van der Waals surface area contributed by atoms with Crippen molar-refractivity contribution in [2.24, 2.45) is 0 Å². The number of fused-ring (bicyclic) bond motifs is 1. The fraction of sp³-hybridized carbons (Fsp3) is 0.273. The van der Waals surface area contributed by atoms with E-state index >= 15 is 0 Å². The van der Waals surface area contributed by atoms with Gasteiger partial charge in [-0.2, -0.15) is 0 Å². The van der Waals surface area contributed by atoms with Gasteiger partial charge in [-0.3, -0.25) is 0 Å². The van der Waals surface area contributed by atoms with Gasteiger partial charge in [0.05, 0.1) is 0 Å². The fourth-order valence-corrected chi connectivity index (χ4v) is 2.17. The quantitative estimate of drug-likeness (QED) is 0.570. The Hall–Kier alpha value is -0.823. The molecule has 0 N–H and O–H groups in total. The summed E-state index contributed by atoms with van der Waals surface area (Å²) in [6.45, 7) is 2.18. The second-order valence-electron chi connectivity index (χ2n) is 3.25. The highest BCUT2D eigenvalue weighted by atomic mass is 28.1. The van der Waals surface area contributed by atoms with Crippen LogP contribution in [0.2, 0.25) is 6.04 Å². The molecule has 0 saturated carbocycles. The van der Waals surface area contributed by atoms with Crippen molar-refractivity contribution < 1.29 is 0 Å². The van der Waals surface area contributed by atoms with Gasteiger partial charge in [-0.25, -0.2) is 0 Å². The first-order valence-corrected chi connectivity index (χ1v) is 4.96. The molecule has 0 amide bonds. The van der Waals surface area contributed by atoms with Crippen LogP contribution in [-0.4, -0.2) is 10.2 Å². The molecule has 1 unspecified atom stereocenters.